The zero-order valence-electron chi connectivity index (χ0n) is 21.1. The molecule has 0 unspecified atom stereocenters. The lowest BCUT2D eigenvalue weighted by molar-refractivity contribution is -0.201. The summed E-state index contributed by atoms with van der Waals surface area (Å²) >= 11 is 0. The van der Waals surface area contributed by atoms with Gasteiger partial charge in [0.15, 0.2) is 5.78 Å². The zero-order valence-corrected chi connectivity index (χ0v) is 21.1. The Hall–Kier alpha value is -1.54. The first kappa shape index (κ1) is 23.8. The van der Waals surface area contributed by atoms with Crippen molar-refractivity contribution in [1.82, 2.24) is 0 Å². The van der Waals surface area contributed by atoms with Crippen LogP contribution in [0.25, 0.3) is 0 Å². The van der Waals surface area contributed by atoms with Crippen LogP contribution in [0.4, 0.5) is 0 Å². The molecule has 3 saturated carbocycles. The van der Waals surface area contributed by atoms with Crippen LogP contribution in [0.5, 0.6) is 0 Å². The van der Waals surface area contributed by atoms with Crippen LogP contribution in [0.15, 0.2) is 23.3 Å². The van der Waals surface area contributed by atoms with Crippen molar-refractivity contribution in [3.8, 4) is 0 Å². The first-order valence-corrected chi connectivity index (χ1v) is 13.3. The molecule has 0 bridgehead atoms. The van der Waals surface area contributed by atoms with E-state index in [1.807, 2.05) is 13.8 Å². The van der Waals surface area contributed by atoms with E-state index >= 15 is 0 Å². The van der Waals surface area contributed by atoms with E-state index in [9.17, 15) is 24.9 Å². The lowest BCUT2D eigenvalue weighted by Gasteiger charge is -2.61. The number of ether oxygens (including phenoxy) is 2. The molecule has 35 heavy (non-hydrogen) atoms. The van der Waals surface area contributed by atoms with E-state index in [0.717, 1.165) is 18.4 Å². The average Bonchev–Trinajstić information content (AvgIpc) is 3.53. The molecule has 0 aromatic rings. The first-order chi connectivity index (χ1) is 16.5. The number of ketones is 1. The predicted octanol–water partition coefficient (Wildman–Crippen LogP) is 2.32. The molecule has 2 aliphatic heterocycles. The maximum absolute atomic E-state index is 13.3. The molecule has 0 aromatic carbocycles. The molecule has 6 aliphatic rings. The Morgan fingerprint density at radius 3 is 2.63 bits per heavy atom. The zero-order chi connectivity index (χ0) is 25.1. The van der Waals surface area contributed by atoms with Crippen LogP contribution in [0.1, 0.15) is 59.8 Å². The summed E-state index contributed by atoms with van der Waals surface area (Å²) in [7, 11) is 0. The molecule has 6 rings (SSSR count). The van der Waals surface area contributed by atoms with Gasteiger partial charge in [0.2, 0.25) is 0 Å². The highest BCUT2D eigenvalue weighted by atomic mass is 16.6. The molecule has 2 heterocycles. The minimum absolute atomic E-state index is 0.0432. The molecule has 192 valence electrons. The third-order valence-corrected chi connectivity index (χ3v) is 11.6. The van der Waals surface area contributed by atoms with Gasteiger partial charge in [-0.3, -0.25) is 4.79 Å². The van der Waals surface area contributed by atoms with Crippen LogP contribution in [0, 0.1) is 40.4 Å². The molecule has 0 amide bonds. The average molecular weight is 487 g/mol. The highest BCUT2D eigenvalue weighted by Crippen LogP contribution is 2.71. The summed E-state index contributed by atoms with van der Waals surface area (Å²) in [6, 6.07) is 0. The Balaban J connectivity index is 1.32. The van der Waals surface area contributed by atoms with Crippen molar-refractivity contribution in [2.24, 2.45) is 40.4 Å². The maximum Gasteiger partial charge on any atom is 0.336 e. The van der Waals surface area contributed by atoms with E-state index in [1.54, 1.807) is 12.2 Å². The van der Waals surface area contributed by atoms with Gasteiger partial charge in [-0.25, -0.2) is 4.79 Å². The van der Waals surface area contributed by atoms with Crippen molar-refractivity contribution in [2.75, 3.05) is 6.61 Å². The Bertz CT molecular complexity index is 1030. The first-order valence-electron chi connectivity index (χ1n) is 13.3. The molecular formula is C28H38O7. The fourth-order valence-electron chi connectivity index (χ4n) is 9.46. The SMILES string of the molecule is CC1=C(CO)C(=O)O[C@@H]([C@H](C)[C@@H]2CC[C@@H]3[C@@H]4[C@H]5O[C@H]5[C@@]5(O)CC=CC(=O)[C@@]5(C)[C@@H]4C[C@@H](O)[C@]32C)C1. The standard InChI is InChI=1S/C28H38O7/c1-13-10-19(34-25(32)15(13)12-29)14(2)16-7-8-17-22-18(11-21(31)26(16,17)3)27(4)20(30)6-5-9-28(27,33)24-23(22)35-24/h5-6,14,16-19,21-24,29,31,33H,7-12H2,1-4H3/t14-,16+,17-,18-,19-,21-,22+,23-,24-,26+,27-,28+/m1/s1. The van der Waals surface area contributed by atoms with E-state index in [1.165, 1.54) is 0 Å². The van der Waals surface area contributed by atoms with Gasteiger partial charge in [-0.05, 0) is 80.6 Å². The summed E-state index contributed by atoms with van der Waals surface area (Å²) in [6.07, 6.45) is 5.38. The molecule has 12 atom stereocenters. The number of aliphatic hydroxyl groups excluding tert-OH is 2. The second-order valence-corrected chi connectivity index (χ2v) is 12.6. The molecule has 7 nitrogen and oxygen atoms in total. The predicted molar refractivity (Wildman–Crippen MR) is 126 cm³/mol. The number of aliphatic hydroxyl groups is 3. The molecule has 0 radical (unpaired) electrons. The highest BCUT2D eigenvalue weighted by molar-refractivity contribution is 5.97. The summed E-state index contributed by atoms with van der Waals surface area (Å²) in [4.78, 5) is 25.8. The van der Waals surface area contributed by atoms with Gasteiger partial charge in [-0.2, -0.15) is 0 Å². The number of cyclic esters (lactones) is 1. The van der Waals surface area contributed by atoms with Crippen LogP contribution in [0.2, 0.25) is 0 Å². The third-order valence-electron chi connectivity index (χ3n) is 11.6. The molecule has 0 spiro atoms. The van der Waals surface area contributed by atoms with Gasteiger partial charge in [-0.1, -0.05) is 25.5 Å². The number of carbonyl (C=O) groups excluding carboxylic acids is 2. The van der Waals surface area contributed by atoms with Crippen molar-refractivity contribution >= 4 is 11.8 Å². The van der Waals surface area contributed by atoms with Crippen LogP contribution < -0.4 is 0 Å². The molecule has 4 aliphatic carbocycles. The topological polar surface area (TPSA) is 117 Å². The van der Waals surface area contributed by atoms with E-state index in [0.29, 0.717) is 24.8 Å². The minimum atomic E-state index is -1.21. The summed E-state index contributed by atoms with van der Waals surface area (Å²) in [6.45, 7) is 7.78. The normalized spacial score (nSPS) is 53.3. The monoisotopic (exact) mass is 486 g/mol. The van der Waals surface area contributed by atoms with Gasteiger partial charge < -0.3 is 24.8 Å². The third kappa shape index (κ3) is 2.81. The second kappa shape index (κ2) is 7.50. The number of esters is 1. The number of epoxide rings is 1. The number of allylic oxidation sites excluding steroid dienone is 1. The van der Waals surface area contributed by atoms with E-state index < -0.39 is 28.5 Å². The molecule has 0 aromatic heterocycles. The second-order valence-electron chi connectivity index (χ2n) is 12.6. The van der Waals surface area contributed by atoms with Gasteiger partial charge in [0, 0.05) is 6.42 Å². The van der Waals surface area contributed by atoms with Crippen LogP contribution in [0.3, 0.4) is 0 Å². The van der Waals surface area contributed by atoms with Crippen molar-refractivity contribution in [3.63, 3.8) is 0 Å². The van der Waals surface area contributed by atoms with Crippen LogP contribution >= 0.6 is 0 Å². The van der Waals surface area contributed by atoms with Crippen molar-refractivity contribution in [2.45, 2.75) is 89.8 Å². The quantitative estimate of drug-likeness (QED) is 0.414. The number of hydrogen-bond acceptors (Lipinski definition) is 7. The molecular weight excluding hydrogens is 448 g/mol. The van der Waals surface area contributed by atoms with Gasteiger partial charge >= 0.3 is 5.97 Å². The number of fused-ring (bicyclic) bond motifs is 8. The summed E-state index contributed by atoms with van der Waals surface area (Å²) in [5.74, 6) is -0.148. The van der Waals surface area contributed by atoms with E-state index in [-0.39, 0.29) is 60.3 Å². The van der Waals surface area contributed by atoms with Crippen molar-refractivity contribution in [3.05, 3.63) is 23.3 Å². The fraction of sp³-hybridized carbons (Fsp3) is 0.786. The Labute approximate surface area is 206 Å². The number of rotatable bonds is 3. The Morgan fingerprint density at radius 1 is 1.20 bits per heavy atom. The largest absolute Gasteiger partial charge is 0.458 e. The highest BCUT2D eigenvalue weighted by Gasteiger charge is 2.78. The van der Waals surface area contributed by atoms with Gasteiger partial charge in [0.1, 0.15) is 17.8 Å². The smallest absolute Gasteiger partial charge is 0.336 e. The van der Waals surface area contributed by atoms with Crippen LogP contribution in [-0.4, -0.2) is 63.7 Å². The van der Waals surface area contributed by atoms with Crippen LogP contribution in [-0.2, 0) is 19.1 Å². The summed E-state index contributed by atoms with van der Waals surface area (Å²) < 4.78 is 12.0. The molecule has 4 fully saturated rings. The molecule has 7 heteroatoms. The summed E-state index contributed by atoms with van der Waals surface area (Å²) in [5.41, 5.74) is -1.33. The number of hydrogen-bond donors (Lipinski definition) is 3. The van der Waals surface area contributed by atoms with E-state index in [2.05, 4.69) is 13.8 Å². The van der Waals surface area contributed by atoms with Gasteiger partial charge in [0.25, 0.3) is 0 Å². The number of carbonyl (C=O) groups is 2. The van der Waals surface area contributed by atoms with Gasteiger partial charge in [-0.15, -0.1) is 0 Å². The van der Waals surface area contributed by atoms with Gasteiger partial charge in [0.05, 0.1) is 29.8 Å². The maximum atomic E-state index is 13.3. The minimum Gasteiger partial charge on any atom is -0.458 e. The summed E-state index contributed by atoms with van der Waals surface area (Å²) in [5, 5.41) is 33.0. The lowest BCUT2D eigenvalue weighted by Crippen LogP contribution is -2.69. The Morgan fingerprint density at radius 2 is 1.94 bits per heavy atom. The molecule has 1 saturated heterocycles. The fourth-order valence-corrected chi connectivity index (χ4v) is 9.46. The Kier molecular flexibility index (Phi) is 5.11. The lowest BCUT2D eigenvalue weighted by atomic mass is 9.43. The van der Waals surface area contributed by atoms with E-state index in [4.69, 9.17) is 9.47 Å². The molecule has 3 N–H and O–H groups in total. The van der Waals surface area contributed by atoms with Crippen molar-refractivity contribution < 1.29 is 34.4 Å². The van der Waals surface area contributed by atoms with Crippen molar-refractivity contribution in [1.29, 1.82) is 0 Å².